The molecule has 0 aliphatic carbocycles. The van der Waals surface area contributed by atoms with Crippen LogP contribution in [0.25, 0.3) is 0 Å². The van der Waals surface area contributed by atoms with E-state index < -0.39 is 5.97 Å². The number of ether oxygens (including phenoxy) is 1. The summed E-state index contributed by atoms with van der Waals surface area (Å²) in [5.41, 5.74) is 5.18. The second-order valence-electron chi connectivity index (χ2n) is 6.43. The molecule has 1 heterocycles. The van der Waals surface area contributed by atoms with Gasteiger partial charge in [0, 0.05) is 17.6 Å². The minimum Gasteiger partial charge on any atom is -0.465 e. The zero-order valence-electron chi connectivity index (χ0n) is 15.9. The van der Waals surface area contributed by atoms with Gasteiger partial charge in [-0.05, 0) is 61.4 Å². The highest BCUT2D eigenvalue weighted by Crippen LogP contribution is 2.20. The molecule has 0 saturated heterocycles. The molecule has 142 valence electrons. The molecule has 1 aromatic heterocycles. The van der Waals surface area contributed by atoms with Gasteiger partial charge in [-0.25, -0.2) is 4.79 Å². The standard InChI is InChI=1S/C22H21N3O3/c1-14-4-5-15(2)20(10-14)25-21(26)17-11-19(13-23-12-17)24-18-8-6-16(7-9-18)22(27)28-3/h4-13,24H,1-3H3,(H,25,26). The Morgan fingerprint density at radius 1 is 0.893 bits per heavy atom. The molecule has 0 aliphatic rings. The van der Waals surface area contributed by atoms with Crippen molar-refractivity contribution in [1.82, 2.24) is 4.98 Å². The van der Waals surface area contributed by atoms with Crippen LogP contribution in [0.5, 0.6) is 0 Å². The smallest absolute Gasteiger partial charge is 0.337 e. The highest BCUT2D eigenvalue weighted by Gasteiger charge is 2.10. The van der Waals surface area contributed by atoms with Crippen LogP contribution in [0.4, 0.5) is 17.1 Å². The molecule has 0 aliphatic heterocycles. The lowest BCUT2D eigenvalue weighted by atomic mass is 10.1. The number of benzene rings is 2. The van der Waals surface area contributed by atoms with Gasteiger partial charge in [-0.2, -0.15) is 0 Å². The minimum absolute atomic E-state index is 0.231. The maximum atomic E-state index is 12.6. The van der Waals surface area contributed by atoms with Gasteiger partial charge in [-0.1, -0.05) is 12.1 Å². The Balaban J connectivity index is 1.74. The number of anilines is 3. The lowest BCUT2D eigenvalue weighted by Crippen LogP contribution is -2.13. The third-order valence-electron chi connectivity index (χ3n) is 4.24. The molecule has 2 aromatic carbocycles. The molecular formula is C22H21N3O3. The zero-order valence-corrected chi connectivity index (χ0v) is 15.9. The second-order valence-corrected chi connectivity index (χ2v) is 6.43. The van der Waals surface area contributed by atoms with E-state index in [1.807, 2.05) is 32.0 Å². The SMILES string of the molecule is COC(=O)c1ccc(Nc2cncc(C(=O)Nc3cc(C)ccc3C)c2)cc1. The number of nitrogens with zero attached hydrogens (tertiary/aromatic N) is 1. The Morgan fingerprint density at radius 3 is 2.36 bits per heavy atom. The van der Waals surface area contributed by atoms with Crippen LogP contribution in [0.15, 0.2) is 60.9 Å². The fourth-order valence-corrected chi connectivity index (χ4v) is 2.67. The van der Waals surface area contributed by atoms with Crippen LogP contribution < -0.4 is 10.6 Å². The Kier molecular flexibility index (Phi) is 5.69. The highest BCUT2D eigenvalue weighted by molar-refractivity contribution is 6.05. The first-order valence-corrected chi connectivity index (χ1v) is 8.75. The molecule has 3 rings (SSSR count). The Morgan fingerprint density at radius 2 is 1.64 bits per heavy atom. The van der Waals surface area contributed by atoms with Gasteiger partial charge < -0.3 is 15.4 Å². The maximum absolute atomic E-state index is 12.6. The summed E-state index contributed by atoms with van der Waals surface area (Å²) in [6.07, 6.45) is 3.15. The van der Waals surface area contributed by atoms with Crippen LogP contribution in [-0.4, -0.2) is 24.0 Å². The van der Waals surface area contributed by atoms with Crippen LogP contribution >= 0.6 is 0 Å². The van der Waals surface area contributed by atoms with Crippen molar-refractivity contribution in [3.63, 3.8) is 0 Å². The van der Waals surface area contributed by atoms with E-state index in [0.29, 0.717) is 16.8 Å². The van der Waals surface area contributed by atoms with Crippen LogP contribution in [-0.2, 0) is 4.74 Å². The molecule has 1 amide bonds. The normalized spacial score (nSPS) is 10.2. The number of amides is 1. The third kappa shape index (κ3) is 4.54. The van der Waals surface area contributed by atoms with E-state index in [4.69, 9.17) is 0 Å². The predicted molar refractivity (Wildman–Crippen MR) is 109 cm³/mol. The highest BCUT2D eigenvalue weighted by atomic mass is 16.5. The van der Waals surface area contributed by atoms with Crippen molar-refractivity contribution in [2.45, 2.75) is 13.8 Å². The number of carbonyl (C=O) groups is 2. The van der Waals surface area contributed by atoms with Gasteiger partial charge in [0.2, 0.25) is 0 Å². The van der Waals surface area contributed by atoms with Gasteiger partial charge in [-0.3, -0.25) is 9.78 Å². The van der Waals surface area contributed by atoms with E-state index >= 15 is 0 Å². The van der Waals surface area contributed by atoms with E-state index in [0.717, 1.165) is 22.5 Å². The number of rotatable bonds is 5. The van der Waals surface area contributed by atoms with Crippen LogP contribution in [0.1, 0.15) is 31.8 Å². The second kappa shape index (κ2) is 8.35. The van der Waals surface area contributed by atoms with Crippen molar-refractivity contribution in [3.8, 4) is 0 Å². The summed E-state index contributed by atoms with van der Waals surface area (Å²) >= 11 is 0. The van der Waals surface area contributed by atoms with E-state index in [1.54, 1.807) is 36.5 Å². The summed E-state index contributed by atoms with van der Waals surface area (Å²) in [4.78, 5) is 28.3. The Labute approximate surface area is 163 Å². The summed E-state index contributed by atoms with van der Waals surface area (Å²) in [6, 6.07) is 14.5. The molecular weight excluding hydrogens is 354 g/mol. The first kappa shape index (κ1) is 19.1. The first-order chi connectivity index (χ1) is 13.5. The third-order valence-corrected chi connectivity index (χ3v) is 4.24. The van der Waals surface area contributed by atoms with E-state index in [1.165, 1.54) is 13.3 Å². The van der Waals surface area contributed by atoms with Crippen LogP contribution in [0.3, 0.4) is 0 Å². The lowest BCUT2D eigenvalue weighted by molar-refractivity contribution is 0.0600. The number of aromatic nitrogens is 1. The molecule has 0 bridgehead atoms. The molecule has 0 spiro atoms. The first-order valence-electron chi connectivity index (χ1n) is 8.75. The number of hydrogen-bond donors (Lipinski definition) is 2. The van der Waals surface area contributed by atoms with Crippen molar-refractivity contribution < 1.29 is 14.3 Å². The van der Waals surface area contributed by atoms with E-state index in [-0.39, 0.29) is 5.91 Å². The summed E-state index contributed by atoms with van der Waals surface area (Å²) in [5, 5.41) is 6.10. The van der Waals surface area contributed by atoms with Crippen molar-refractivity contribution in [2.75, 3.05) is 17.7 Å². The van der Waals surface area contributed by atoms with Gasteiger partial charge in [0.1, 0.15) is 0 Å². The molecule has 2 N–H and O–H groups in total. The number of aryl methyl sites for hydroxylation is 2. The van der Waals surface area contributed by atoms with Crippen molar-refractivity contribution in [3.05, 3.63) is 83.2 Å². The van der Waals surface area contributed by atoms with Gasteiger partial charge >= 0.3 is 5.97 Å². The van der Waals surface area contributed by atoms with Crippen molar-refractivity contribution >= 4 is 28.9 Å². The van der Waals surface area contributed by atoms with Crippen LogP contribution in [0, 0.1) is 13.8 Å². The molecule has 0 saturated carbocycles. The number of hydrogen-bond acceptors (Lipinski definition) is 5. The topological polar surface area (TPSA) is 80.3 Å². The lowest BCUT2D eigenvalue weighted by Gasteiger charge is -2.11. The summed E-state index contributed by atoms with van der Waals surface area (Å²) < 4.78 is 4.69. The molecule has 0 atom stereocenters. The molecule has 0 radical (unpaired) electrons. The van der Waals surface area contributed by atoms with Crippen LogP contribution in [0.2, 0.25) is 0 Å². The summed E-state index contributed by atoms with van der Waals surface area (Å²) in [5.74, 6) is -0.621. The van der Waals surface area contributed by atoms with E-state index in [9.17, 15) is 9.59 Å². The molecule has 6 heteroatoms. The van der Waals surface area contributed by atoms with Gasteiger partial charge in [0.05, 0.1) is 30.1 Å². The minimum atomic E-state index is -0.390. The average molecular weight is 375 g/mol. The Hall–Kier alpha value is -3.67. The quantitative estimate of drug-likeness (QED) is 0.643. The van der Waals surface area contributed by atoms with Gasteiger partial charge in [0.25, 0.3) is 5.91 Å². The number of nitrogens with one attached hydrogen (secondary N) is 2. The Bertz CT molecular complexity index is 1010. The molecule has 6 nitrogen and oxygen atoms in total. The molecule has 0 unspecified atom stereocenters. The molecule has 3 aromatic rings. The molecule has 0 fully saturated rings. The molecule has 28 heavy (non-hydrogen) atoms. The average Bonchev–Trinajstić information content (AvgIpc) is 2.71. The summed E-state index contributed by atoms with van der Waals surface area (Å²) in [7, 11) is 1.34. The largest absolute Gasteiger partial charge is 0.465 e. The predicted octanol–water partition coefficient (Wildman–Crippen LogP) is 4.48. The number of carbonyl (C=O) groups excluding carboxylic acids is 2. The van der Waals surface area contributed by atoms with Gasteiger partial charge in [-0.15, -0.1) is 0 Å². The zero-order chi connectivity index (χ0) is 20.1. The fourth-order valence-electron chi connectivity index (χ4n) is 2.67. The monoisotopic (exact) mass is 375 g/mol. The van der Waals surface area contributed by atoms with Gasteiger partial charge in [0.15, 0.2) is 0 Å². The van der Waals surface area contributed by atoms with Crippen molar-refractivity contribution in [2.24, 2.45) is 0 Å². The number of methoxy groups -OCH3 is 1. The maximum Gasteiger partial charge on any atom is 0.337 e. The van der Waals surface area contributed by atoms with E-state index in [2.05, 4.69) is 20.4 Å². The summed E-state index contributed by atoms with van der Waals surface area (Å²) in [6.45, 7) is 3.93. The van der Waals surface area contributed by atoms with Crippen molar-refractivity contribution in [1.29, 1.82) is 0 Å². The number of esters is 1. The number of pyridine rings is 1. The fraction of sp³-hybridized carbons (Fsp3) is 0.136.